The van der Waals surface area contributed by atoms with Crippen LogP contribution in [0, 0.1) is 5.92 Å². The molecule has 0 radical (unpaired) electrons. The van der Waals surface area contributed by atoms with E-state index in [0.29, 0.717) is 11.6 Å². The van der Waals surface area contributed by atoms with E-state index in [1.165, 1.54) is 25.7 Å². The zero-order valence-electron chi connectivity index (χ0n) is 11.8. The van der Waals surface area contributed by atoms with Gasteiger partial charge in [0.05, 0.1) is 5.56 Å². The van der Waals surface area contributed by atoms with Crippen molar-refractivity contribution in [2.45, 2.75) is 45.2 Å². The van der Waals surface area contributed by atoms with E-state index >= 15 is 0 Å². The van der Waals surface area contributed by atoms with Crippen molar-refractivity contribution in [2.24, 2.45) is 5.92 Å². The third-order valence-corrected chi connectivity index (χ3v) is 4.14. The second-order valence-corrected chi connectivity index (χ2v) is 5.85. The predicted molar refractivity (Wildman–Crippen MR) is 76.3 cm³/mol. The summed E-state index contributed by atoms with van der Waals surface area (Å²) in [5.74, 6) is -0.0395. The zero-order chi connectivity index (χ0) is 13.8. The van der Waals surface area contributed by atoms with Crippen molar-refractivity contribution in [1.82, 2.24) is 4.90 Å². The van der Waals surface area contributed by atoms with E-state index in [1.807, 2.05) is 12.1 Å². The van der Waals surface area contributed by atoms with Crippen LogP contribution in [0.1, 0.15) is 48.5 Å². The fourth-order valence-corrected chi connectivity index (χ4v) is 3.02. The molecule has 1 saturated carbocycles. The van der Waals surface area contributed by atoms with Gasteiger partial charge in [-0.05, 0) is 43.5 Å². The van der Waals surface area contributed by atoms with E-state index in [4.69, 9.17) is 5.11 Å². The Morgan fingerprint density at radius 3 is 2.89 bits per heavy atom. The van der Waals surface area contributed by atoms with Crippen LogP contribution in [-0.2, 0) is 6.54 Å². The number of carboxylic acid groups (broad SMARTS) is 1. The minimum Gasteiger partial charge on any atom is -0.478 e. The van der Waals surface area contributed by atoms with Gasteiger partial charge in [0, 0.05) is 12.6 Å². The molecule has 2 atom stereocenters. The Morgan fingerprint density at radius 2 is 2.21 bits per heavy atom. The van der Waals surface area contributed by atoms with Gasteiger partial charge >= 0.3 is 5.97 Å². The van der Waals surface area contributed by atoms with Gasteiger partial charge in [0.15, 0.2) is 0 Å². The van der Waals surface area contributed by atoms with Crippen LogP contribution < -0.4 is 0 Å². The molecule has 2 rings (SSSR count). The summed E-state index contributed by atoms with van der Waals surface area (Å²) in [6.07, 6.45) is 5.18. The molecule has 0 amide bonds. The van der Waals surface area contributed by atoms with Crippen LogP contribution in [0.2, 0.25) is 0 Å². The average molecular weight is 261 g/mol. The number of rotatable bonds is 4. The number of benzene rings is 1. The van der Waals surface area contributed by atoms with E-state index in [2.05, 4.69) is 18.9 Å². The lowest BCUT2D eigenvalue weighted by Crippen LogP contribution is -2.35. The van der Waals surface area contributed by atoms with Crippen LogP contribution in [0.3, 0.4) is 0 Å². The van der Waals surface area contributed by atoms with Gasteiger partial charge in [0.25, 0.3) is 0 Å². The van der Waals surface area contributed by atoms with Crippen molar-refractivity contribution in [3.8, 4) is 0 Å². The first-order chi connectivity index (χ1) is 9.06. The zero-order valence-corrected chi connectivity index (χ0v) is 11.8. The Hall–Kier alpha value is -1.35. The van der Waals surface area contributed by atoms with E-state index in [-0.39, 0.29) is 0 Å². The lowest BCUT2D eigenvalue weighted by molar-refractivity contribution is 0.0696. The molecule has 0 aromatic heterocycles. The highest BCUT2D eigenvalue weighted by Crippen LogP contribution is 2.27. The summed E-state index contributed by atoms with van der Waals surface area (Å²) < 4.78 is 0. The Kier molecular flexibility index (Phi) is 4.59. The summed E-state index contributed by atoms with van der Waals surface area (Å²) in [4.78, 5) is 13.3. The smallest absolute Gasteiger partial charge is 0.335 e. The van der Waals surface area contributed by atoms with Crippen LogP contribution in [0.4, 0.5) is 0 Å². The average Bonchev–Trinajstić information content (AvgIpc) is 2.39. The van der Waals surface area contributed by atoms with Gasteiger partial charge in [-0.25, -0.2) is 4.79 Å². The van der Waals surface area contributed by atoms with Crippen molar-refractivity contribution < 1.29 is 9.90 Å². The largest absolute Gasteiger partial charge is 0.478 e. The molecular weight excluding hydrogens is 238 g/mol. The number of carbonyl (C=O) groups is 1. The van der Waals surface area contributed by atoms with E-state index in [0.717, 1.165) is 18.0 Å². The van der Waals surface area contributed by atoms with Crippen molar-refractivity contribution >= 4 is 5.97 Å². The van der Waals surface area contributed by atoms with Crippen molar-refractivity contribution in [2.75, 3.05) is 7.05 Å². The van der Waals surface area contributed by atoms with Crippen molar-refractivity contribution in [3.63, 3.8) is 0 Å². The highest BCUT2D eigenvalue weighted by molar-refractivity contribution is 5.87. The lowest BCUT2D eigenvalue weighted by atomic mass is 9.86. The Bertz CT molecular complexity index is 444. The third-order valence-electron chi connectivity index (χ3n) is 4.14. The van der Waals surface area contributed by atoms with Crippen LogP contribution in [0.15, 0.2) is 24.3 Å². The van der Waals surface area contributed by atoms with Crippen LogP contribution in [0.5, 0.6) is 0 Å². The summed E-state index contributed by atoms with van der Waals surface area (Å²) in [5.41, 5.74) is 1.46. The SMILES string of the molecule is CC1CCCC(N(C)Cc2cccc(C(=O)O)c2)C1. The summed E-state index contributed by atoms with van der Waals surface area (Å²) in [7, 11) is 2.15. The quantitative estimate of drug-likeness (QED) is 0.903. The maximum Gasteiger partial charge on any atom is 0.335 e. The van der Waals surface area contributed by atoms with Gasteiger partial charge < -0.3 is 5.11 Å². The number of aromatic carboxylic acids is 1. The molecule has 0 spiro atoms. The topological polar surface area (TPSA) is 40.5 Å². The molecule has 19 heavy (non-hydrogen) atoms. The van der Waals surface area contributed by atoms with Gasteiger partial charge in [-0.3, -0.25) is 4.90 Å². The Balaban J connectivity index is 1.99. The molecule has 1 aliphatic carbocycles. The fraction of sp³-hybridized carbons (Fsp3) is 0.562. The second-order valence-electron chi connectivity index (χ2n) is 5.85. The molecule has 1 aromatic carbocycles. The minimum atomic E-state index is -0.851. The van der Waals surface area contributed by atoms with Crippen LogP contribution in [-0.4, -0.2) is 29.1 Å². The van der Waals surface area contributed by atoms with Gasteiger partial charge in [0.2, 0.25) is 0 Å². The summed E-state index contributed by atoms with van der Waals surface area (Å²) in [6, 6.07) is 7.91. The number of hydrogen-bond donors (Lipinski definition) is 1. The Morgan fingerprint density at radius 1 is 1.42 bits per heavy atom. The van der Waals surface area contributed by atoms with E-state index in [1.54, 1.807) is 12.1 Å². The molecule has 104 valence electrons. The van der Waals surface area contributed by atoms with Gasteiger partial charge in [0.1, 0.15) is 0 Å². The minimum absolute atomic E-state index is 0.378. The summed E-state index contributed by atoms with van der Waals surface area (Å²) in [6.45, 7) is 3.16. The molecule has 0 bridgehead atoms. The maximum atomic E-state index is 11.0. The monoisotopic (exact) mass is 261 g/mol. The number of nitrogens with zero attached hydrogens (tertiary/aromatic N) is 1. The molecule has 0 saturated heterocycles. The Labute approximate surface area is 115 Å². The second kappa shape index (κ2) is 6.20. The lowest BCUT2D eigenvalue weighted by Gasteiger charge is -2.34. The van der Waals surface area contributed by atoms with E-state index < -0.39 is 5.97 Å². The molecular formula is C16H23NO2. The van der Waals surface area contributed by atoms with Crippen molar-refractivity contribution in [1.29, 1.82) is 0 Å². The van der Waals surface area contributed by atoms with Crippen molar-refractivity contribution in [3.05, 3.63) is 35.4 Å². The molecule has 1 aliphatic rings. The molecule has 1 N–H and O–H groups in total. The molecule has 3 heteroatoms. The van der Waals surface area contributed by atoms with Gasteiger partial charge in [-0.1, -0.05) is 31.9 Å². The van der Waals surface area contributed by atoms with Crippen LogP contribution >= 0.6 is 0 Å². The first-order valence-corrected chi connectivity index (χ1v) is 7.08. The maximum absolute atomic E-state index is 11.0. The van der Waals surface area contributed by atoms with Gasteiger partial charge in [-0.2, -0.15) is 0 Å². The predicted octanol–water partition coefficient (Wildman–Crippen LogP) is 3.40. The van der Waals surface area contributed by atoms with Gasteiger partial charge in [-0.15, -0.1) is 0 Å². The first kappa shape index (κ1) is 14.1. The summed E-state index contributed by atoms with van der Waals surface area (Å²) >= 11 is 0. The molecule has 2 unspecified atom stereocenters. The van der Waals surface area contributed by atoms with Crippen LogP contribution in [0.25, 0.3) is 0 Å². The third kappa shape index (κ3) is 3.80. The molecule has 0 aliphatic heterocycles. The first-order valence-electron chi connectivity index (χ1n) is 7.08. The fourth-order valence-electron chi connectivity index (χ4n) is 3.02. The number of hydrogen-bond acceptors (Lipinski definition) is 2. The number of carboxylic acids is 1. The van der Waals surface area contributed by atoms with E-state index in [9.17, 15) is 4.79 Å². The summed E-state index contributed by atoms with van der Waals surface area (Å²) in [5, 5.41) is 9.01. The standard InChI is InChI=1S/C16H23NO2/c1-12-5-3-8-15(9-12)17(2)11-13-6-4-7-14(10-13)16(18)19/h4,6-7,10,12,15H,3,5,8-9,11H2,1-2H3,(H,18,19). The molecule has 0 heterocycles. The normalized spacial score (nSPS) is 23.5. The molecule has 1 fully saturated rings. The molecule has 1 aromatic rings. The highest BCUT2D eigenvalue weighted by atomic mass is 16.4. The molecule has 3 nitrogen and oxygen atoms in total. The highest BCUT2D eigenvalue weighted by Gasteiger charge is 2.22.